The maximum atomic E-state index is 13.7. The summed E-state index contributed by atoms with van der Waals surface area (Å²) in [6, 6.07) is 13.4. The maximum Gasteiger partial charge on any atom is 0.332 e. The van der Waals surface area contributed by atoms with Crippen molar-refractivity contribution in [1.82, 2.24) is 14.1 Å². The zero-order valence-electron chi connectivity index (χ0n) is 18.7. The van der Waals surface area contributed by atoms with Gasteiger partial charge in [0.2, 0.25) is 0 Å². The number of carbonyl (C=O) groups is 2. The van der Waals surface area contributed by atoms with E-state index in [1.54, 1.807) is 18.2 Å². The first kappa shape index (κ1) is 23.4. The highest BCUT2D eigenvalue weighted by Gasteiger charge is 2.16. The van der Waals surface area contributed by atoms with Gasteiger partial charge in [0.05, 0.1) is 28.5 Å². The first-order valence-electron chi connectivity index (χ1n) is 10.4. The van der Waals surface area contributed by atoms with Crippen LogP contribution in [0, 0.1) is 5.82 Å². The smallest absolute Gasteiger partial charge is 0.332 e. The van der Waals surface area contributed by atoms with E-state index in [4.69, 9.17) is 4.74 Å². The van der Waals surface area contributed by atoms with E-state index in [2.05, 4.69) is 15.6 Å². The molecule has 178 valence electrons. The van der Waals surface area contributed by atoms with Gasteiger partial charge in [-0.2, -0.15) is 0 Å². The van der Waals surface area contributed by atoms with Crippen molar-refractivity contribution in [3.05, 3.63) is 93.0 Å². The molecule has 0 spiro atoms. The molecule has 0 atom stereocenters. The molecule has 0 fully saturated rings. The van der Waals surface area contributed by atoms with Gasteiger partial charge >= 0.3 is 5.69 Å². The Morgan fingerprint density at radius 2 is 1.71 bits per heavy atom. The lowest BCUT2D eigenvalue weighted by Crippen LogP contribution is -2.37. The van der Waals surface area contributed by atoms with Gasteiger partial charge in [-0.15, -0.1) is 0 Å². The van der Waals surface area contributed by atoms with Crippen LogP contribution in [0.15, 0.2) is 70.4 Å². The number of fused-ring (bicyclic) bond motifs is 1. The summed E-state index contributed by atoms with van der Waals surface area (Å²) in [5.74, 6) is -1.64. The van der Waals surface area contributed by atoms with Gasteiger partial charge in [0, 0.05) is 14.1 Å². The van der Waals surface area contributed by atoms with Gasteiger partial charge in [0.1, 0.15) is 17.2 Å². The van der Waals surface area contributed by atoms with Crippen LogP contribution >= 0.6 is 0 Å². The van der Waals surface area contributed by atoms with Gasteiger partial charge in [-0.3, -0.25) is 23.5 Å². The third-order valence-electron chi connectivity index (χ3n) is 5.19. The molecular formula is C24H20FN5O5. The second-order valence-corrected chi connectivity index (χ2v) is 7.57. The Balaban J connectivity index is 1.51. The van der Waals surface area contributed by atoms with Crippen LogP contribution in [-0.2, 0) is 18.9 Å². The van der Waals surface area contributed by atoms with Gasteiger partial charge in [0.25, 0.3) is 17.4 Å². The molecule has 2 amide bonds. The van der Waals surface area contributed by atoms with Crippen molar-refractivity contribution in [3.8, 4) is 5.75 Å². The molecule has 4 aromatic rings. The number of carbonyl (C=O) groups excluding carboxylic acids is 2. The lowest BCUT2D eigenvalue weighted by molar-refractivity contribution is -0.118. The van der Waals surface area contributed by atoms with E-state index in [1.807, 2.05) is 0 Å². The van der Waals surface area contributed by atoms with Crippen molar-refractivity contribution in [1.29, 1.82) is 0 Å². The van der Waals surface area contributed by atoms with Gasteiger partial charge < -0.3 is 15.4 Å². The van der Waals surface area contributed by atoms with Crippen molar-refractivity contribution in [2.75, 3.05) is 17.2 Å². The standard InChI is InChI=1S/C24H20FN5O5/c1-29-21-16(23(33)30(2)24(29)34)11-14(12-26-21)27-22(32)15-7-3-6-10-19(15)35-13-20(31)28-18-9-5-4-8-17(18)25/h3-12H,13H2,1-2H3,(H,27,32)(H,28,31). The summed E-state index contributed by atoms with van der Waals surface area (Å²) >= 11 is 0. The molecule has 0 saturated carbocycles. The predicted octanol–water partition coefficient (Wildman–Crippen LogP) is 2.04. The number of para-hydroxylation sites is 2. The van der Waals surface area contributed by atoms with E-state index in [-0.39, 0.29) is 33.7 Å². The van der Waals surface area contributed by atoms with Crippen LogP contribution in [0.1, 0.15) is 10.4 Å². The molecule has 2 N–H and O–H groups in total. The van der Waals surface area contributed by atoms with Crippen LogP contribution in [0.2, 0.25) is 0 Å². The first-order chi connectivity index (χ1) is 16.8. The number of nitrogens with zero attached hydrogens (tertiary/aromatic N) is 3. The van der Waals surface area contributed by atoms with E-state index in [0.29, 0.717) is 0 Å². The minimum atomic E-state index is -0.606. The summed E-state index contributed by atoms with van der Waals surface area (Å²) < 4.78 is 21.4. The molecule has 0 saturated heterocycles. The Hall–Kier alpha value is -4.80. The fraction of sp³-hybridized carbons (Fsp3) is 0.125. The third-order valence-corrected chi connectivity index (χ3v) is 5.19. The Morgan fingerprint density at radius 3 is 2.49 bits per heavy atom. The number of aromatic nitrogens is 3. The lowest BCUT2D eigenvalue weighted by Gasteiger charge is -2.13. The second-order valence-electron chi connectivity index (χ2n) is 7.57. The number of nitrogens with one attached hydrogen (secondary N) is 2. The minimum absolute atomic E-state index is 0.0135. The highest BCUT2D eigenvalue weighted by molar-refractivity contribution is 6.06. The van der Waals surface area contributed by atoms with E-state index in [9.17, 15) is 23.6 Å². The zero-order valence-corrected chi connectivity index (χ0v) is 18.7. The Bertz CT molecular complexity index is 1580. The molecule has 0 unspecified atom stereocenters. The van der Waals surface area contributed by atoms with Gasteiger partial charge in [0.15, 0.2) is 6.61 Å². The van der Waals surface area contributed by atoms with E-state index in [1.165, 1.54) is 61.3 Å². The number of rotatable bonds is 6. The molecule has 35 heavy (non-hydrogen) atoms. The molecule has 2 aromatic heterocycles. The van der Waals surface area contributed by atoms with Gasteiger partial charge in [-0.1, -0.05) is 24.3 Å². The number of pyridine rings is 1. The van der Waals surface area contributed by atoms with Crippen molar-refractivity contribution < 1.29 is 18.7 Å². The van der Waals surface area contributed by atoms with Gasteiger partial charge in [-0.05, 0) is 30.3 Å². The van der Waals surface area contributed by atoms with Crippen LogP contribution in [-0.4, -0.2) is 32.5 Å². The molecule has 10 nitrogen and oxygen atoms in total. The Morgan fingerprint density at radius 1 is 1.00 bits per heavy atom. The van der Waals surface area contributed by atoms with Crippen LogP contribution in [0.5, 0.6) is 5.75 Å². The van der Waals surface area contributed by atoms with Crippen molar-refractivity contribution >= 4 is 34.2 Å². The summed E-state index contributed by atoms with van der Waals surface area (Å²) in [5.41, 5.74) is -0.515. The third kappa shape index (κ3) is 4.78. The first-order valence-corrected chi connectivity index (χ1v) is 10.4. The average molecular weight is 477 g/mol. The Kier molecular flexibility index (Phi) is 6.40. The van der Waals surface area contributed by atoms with Crippen molar-refractivity contribution in [3.63, 3.8) is 0 Å². The molecular weight excluding hydrogens is 457 g/mol. The fourth-order valence-corrected chi connectivity index (χ4v) is 3.40. The number of ether oxygens (including phenoxy) is 1. The fourth-order valence-electron chi connectivity index (χ4n) is 3.40. The van der Waals surface area contributed by atoms with E-state index in [0.717, 1.165) is 4.57 Å². The predicted molar refractivity (Wildman–Crippen MR) is 127 cm³/mol. The number of amides is 2. The molecule has 11 heteroatoms. The van der Waals surface area contributed by atoms with E-state index >= 15 is 0 Å². The van der Waals surface area contributed by atoms with Crippen LogP contribution < -0.4 is 26.6 Å². The molecule has 0 bridgehead atoms. The molecule has 0 aliphatic heterocycles. The monoisotopic (exact) mass is 477 g/mol. The van der Waals surface area contributed by atoms with E-state index < -0.39 is 35.5 Å². The molecule has 0 aliphatic rings. The van der Waals surface area contributed by atoms with Crippen molar-refractivity contribution in [2.45, 2.75) is 0 Å². The van der Waals surface area contributed by atoms with Crippen LogP contribution in [0.3, 0.4) is 0 Å². The Labute approximate surface area is 197 Å². The van der Waals surface area contributed by atoms with Crippen LogP contribution in [0.4, 0.5) is 15.8 Å². The summed E-state index contributed by atoms with van der Waals surface area (Å²) in [6.45, 7) is -0.458. The zero-order chi connectivity index (χ0) is 25.1. The second kappa shape index (κ2) is 9.59. The molecule has 2 heterocycles. The normalized spacial score (nSPS) is 10.7. The summed E-state index contributed by atoms with van der Waals surface area (Å²) in [5, 5.41) is 5.19. The molecule has 2 aromatic carbocycles. The largest absolute Gasteiger partial charge is 0.483 e. The van der Waals surface area contributed by atoms with Crippen molar-refractivity contribution in [2.24, 2.45) is 14.1 Å². The van der Waals surface area contributed by atoms with Gasteiger partial charge in [-0.25, -0.2) is 14.2 Å². The minimum Gasteiger partial charge on any atom is -0.483 e. The summed E-state index contributed by atoms with van der Waals surface area (Å²) in [6.07, 6.45) is 1.32. The van der Waals surface area contributed by atoms with Crippen LogP contribution in [0.25, 0.3) is 11.0 Å². The summed E-state index contributed by atoms with van der Waals surface area (Å²) in [7, 11) is 2.84. The number of halogens is 1. The number of aryl methyl sites for hydroxylation is 1. The molecule has 0 radical (unpaired) electrons. The number of hydrogen-bond acceptors (Lipinski definition) is 6. The average Bonchev–Trinajstić information content (AvgIpc) is 2.86. The molecule has 4 rings (SSSR count). The highest BCUT2D eigenvalue weighted by atomic mass is 19.1. The SMILES string of the molecule is Cn1c(=O)c2cc(NC(=O)c3ccccc3OCC(=O)Nc3ccccc3F)cnc2n(C)c1=O. The quantitative estimate of drug-likeness (QED) is 0.438. The number of anilines is 2. The number of benzene rings is 2. The summed E-state index contributed by atoms with van der Waals surface area (Å²) in [4.78, 5) is 53.8. The highest BCUT2D eigenvalue weighted by Crippen LogP contribution is 2.21. The topological polar surface area (TPSA) is 124 Å². The lowest BCUT2D eigenvalue weighted by atomic mass is 10.2. The molecule has 0 aliphatic carbocycles. The number of hydrogen-bond donors (Lipinski definition) is 2. The maximum absolute atomic E-state index is 13.7.